The van der Waals surface area contributed by atoms with E-state index in [1.165, 1.54) is 43.3 Å². The number of carbonyl (C=O) groups is 2. The summed E-state index contributed by atoms with van der Waals surface area (Å²) < 4.78 is 43.8. The van der Waals surface area contributed by atoms with Crippen molar-refractivity contribution in [1.82, 2.24) is 4.72 Å². The number of halogens is 1. The van der Waals surface area contributed by atoms with Gasteiger partial charge in [0.25, 0.3) is 5.91 Å². The lowest BCUT2D eigenvalue weighted by atomic mass is 10.3. The molecular formula is C17H17FN2O5S. The molecule has 2 rings (SSSR count). The van der Waals surface area contributed by atoms with E-state index in [0.29, 0.717) is 5.69 Å². The van der Waals surface area contributed by atoms with Crippen molar-refractivity contribution in [2.24, 2.45) is 0 Å². The van der Waals surface area contributed by atoms with Crippen LogP contribution in [0.3, 0.4) is 0 Å². The quantitative estimate of drug-likeness (QED) is 0.712. The molecule has 0 aromatic heterocycles. The van der Waals surface area contributed by atoms with Gasteiger partial charge in [-0.15, -0.1) is 0 Å². The number of sulfonamides is 1. The molecular weight excluding hydrogens is 363 g/mol. The fourth-order valence-electron chi connectivity index (χ4n) is 1.91. The highest BCUT2D eigenvalue weighted by Crippen LogP contribution is 2.10. The molecule has 0 aliphatic heterocycles. The number of amides is 1. The minimum absolute atomic E-state index is 0.00917. The maximum absolute atomic E-state index is 12.8. The number of anilines is 1. The largest absolute Gasteiger partial charge is 0.452 e. The highest BCUT2D eigenvalue weighted by atomic mass is 32.2. The van der Waals surface area contributed by atoms with E-state index >= 15 is 0 Å². The number of ether oxygens (including phenoxy) is 1. The summed E-state index contributed by atoms with van der Waals surface area (Å²) in [4.78, 5) is 23.7. The summed E-state index contributed by atoms with van der Waals surface area (Å²) in [6.45, 7) is 0.716. The van der Waals surface area contributed by atoms with Crippen LogP contribution < -0.4 is 10.0 Å². The number of benzene rings is 2. The number of rotatable bonds is 7. The molecule has 0 bridgehead atoms. The molecule has 7 nitrogen and oxygen atoms in total. The van der Waals surface area contributed by atoms with Gasteiger partial charge in [0.2, 0.25) is 10.0 Å². The van der Waals surface area contributed by atoms with Gasteiger partial charge in [-0.05, 0) is 43.3 Å². The lowest BCUT2D eigenvalue weighted by molar-refractivity contribution is -0.151. The average Bonchev–Trinajstić information content (AvgIpc) is 2.62. The van der Waals surface area contributed by atoms with E-state index in [1.807, 2.05) is 0 Å². The molecule has 0 unspecified atom stereocenters. The number of hydrogen-bond acceptors (Lipinski definition) is 5. The van der Waals surface area contributed by atoms with E-state index in [4.69, 9.17) is 4.74 Å². The molecule has 0 aliphatic carbocycles. The molecule has 26 heavy (non-hydrogen) atoms. The molecule has 0 radical (unpaired) electrons. The van der Waals surface area contributed by atoms with E-state index in [2.05, 4.69) is 10.0 Å². The van der Waals surface area contributed by atoms with Crippen molar-refractivity contribution in [1.29, 1.82) is 0 Å². The Morgan fingerprint density at radius 2 is 1.69 bits per heavy atom. The summed E-state index contributed by atoms with van der Waals surface area (Å²) in [7, 11) is -3.85. The Morgan fingerprint density at radius 3 is 2.31 bits per heavy atom. The van der Waals surface area contributed by atoms with Gasteiger partial charge in [-0.25, -0.2) is 12.8 Å². The van der Waals surface area contributed by atoms with Gasteiger partial charge in [0, 0.05) is 5.69 Å². The fourth-order valence-corrected chi connectivity index (χ4v) is 2.90. The molecule has 0 spiro atoms. The highest BCUT2D eigenvalue weighted by molar-refractivity contribution is 7.89. The molecule has 9 heteroatoms. The molecule has 1 atom stereocenters. The zero-order valence-electron chi connectivity index (χ0n) is 13.8. The summed E-state index contributed by atoms with van der Waals surface area (Å²) >= 11 is 0. The van der Waals surface area contributed by atoms with E-state index in [0.717, 1.165) is 0 Å². The van der Waals surface area contributed by atoms with Crippen LogP contribution in [0, 0.1) is 5.82 Å². The molecule has 2 N–H and O–H groups in total. The molecule has 2 aromatic rings. The van der Waals surface area contributed by atoms with Crippen LogP contribution in [-0.2, 0) is 24.3 Å². The van der Waals surface area contributed by atoms with Crippen molar-refractivity contribution >= 4 is 27.6 Å². The first-order valence-corrected chi connectivity index (χ1v) is 9.07. The van der Waals surface area contributed by atoms with E-state index < -0.39 is 40.4 Å². The second kappa shape index (κ2) is 8.54. The Balaban J connectivity index is 1.84. The van der Waals surface area contributed by atoms with E-state index in [1.54, 1.807) is 18.2 Å². The van der Waals surface area contributed by atoms with Crippen LogP contribution in [0.2, 0.25) is 0 Å². The Bertz CT molecular complexity index is 870. The number of nitrogens with one attached hydrogen (secondary N) is 2. The first-order chi connectivity index (χ1) is 12.3. The number of esters is 1. The normalized spacial score (nSPS) is 12.2. The second-order valence-corrected chi connectivity index (χ2v) is 7.03. The van der Waals surface area contributed by atoms with Gasteiger partial charge < -0.3 is 10.1 Å². The maximum Gasteiger partial charge on any atom is 0.321 e. The van der Waals surface area contributed by atoms with Crippen molar-refractivity contribution in [3.05, 3.63) is 60.4 Å². The molecule has 0 aliphatic rings. The topological polar surface area (TPSA) is 102 Å². The third-order valence-electron chi connectivity index (χ3n) is 3.25. The van der Waals surface area contributed by atoms with Crippen LogP contribution in [0.15, 0.2) is 59.5 Å². The third kappa shape index (κ3) is 5.64. The molecule has 0 saturated carbocycles. The van der Waals surface area contributed by atoms with Crippen molar-refractivity contribution in [3.63, 3.8) is 0 Å². The van der Waals surface area contributed by atoms with Crippen LogP contribution in [0.1, 0.15) is 6.92 Å². The van der Waals surface area contributed by atoms with E-state index in [-0.39, 0.29) is 4.90 Å². The number of carbonyl (C=O) groups excluding carboxylic acids is 2. The van der Waals surface area contributed by atoms with Crippen LogP contribution in [0.25, 0.3) is 0 Å². The Kier molecular flexibility index (Phi) is 6.42. The van der Waals surface area contributed by atoms with Gasteiger partial charge in [0.15, 0.2) is 6.10 Å². The van der Waals surface area contributed by atoms with Crippen LogP contribution in [-0.4, -0.2) is 32.9 Å². The molecule has 2 aromatic carbocycles. The van der Waals surface area contributed by atoms with Gasteiger partial charge in [-0.3, -0.25) is 9.59 Å². The first kappa shape index (κ1) is 19.5. The zero-order valence-corrected chi connectivity index (χ0v) is 14.6. The summed E-state index contributed by atoms with van der Waals surface area (Å²) in [5.41, 5.74) is 0.337. The summed E-state index contributed by atoms with van der Waals surface area (Å²) in [5, 5.41) is 2.45. The van der Waals surface area contributed by atoms with Crippen molar-refractivity contribution in [2.45, 2.75) is 17.9 Å². The summed E-state index contributed by atoms with van der Waals surface area (Å²) in [6, 6.07) is 12.6. The van der Waals surface area contributed by atoms with Gasteiger partial charge in [-0.1, -0.05) is 18.2 Å². The zero-order chi connectivity index (χ0) is 19.2. The monoisotopic (exact) mass is 380 g/mol. The van der Waals surface area contributed by atoms with Gasteiger partial charge in [0.1, 0.15) is 12.4 Å². The van der Waals surface area contributed by atoms with Crippen LogP contribution in [0.4, 0.5) is 10.1 Å². The van der Waals surface area contributed by atoms with Gasteiger partial charge in [-0.2, -0.15) is 4.72 Å². The van der Waals surface area contributed by atoms with Crippen molar-refractivity contribution in [3.8, 4) is 0 Å². The Morgan fingerprint density at radius 1 is 1.08 bits per heavy atom. The fraction of sp³-hybridized carbons (Fsp3) is 0.176. The minimum atomic E-state index is -3.85. The lowest BCUT2D eigenvalue weighted by Gasteiger charge is -2.14. The predicted octanol–water partition coefficient (Wildman–Crippen LogP) is 1.67. The smallest absolute Gasteiger partial charge is 0.321 e. The lowest BCUT2D eigenvalue weighted by Crippen LogP contribution is -2.35. The SMILES string of the molecule is C[C@@H](OC(=O)CNS(=O)(=O)c1ccccc1)C(=O)Nc1ccc(F)cc1. The predicted molar refractivity (Wildman–Crippen MR) is 92.2 cm³/mol. The van der Waals surface area contributed by atoms with Crippen LogP contribution in [0.5, 0.6) is 0 Å². The molecule has 0 saturated heterocycles. The Hall–Kier alpha value is -2.78. The molecule has 1 amide bonds. The first-order valence-electron chi connectivity index (χ1n) is 7.58. The minimum Gasteiger partial charge on any atom is -0.452 e. The van der Waals surface area contributed by atoms with Crippen molar-refractivity contribution < 1.29 is 27.1 Å². The average molecular weight is 380 g/mol. The van der Waals surface area contributed by atoms with Crippen molar-refractivity contribution in [2.75, 3.05) is 11.9 Å². The molecule has 138 valence electrons. The standard InChI is InChI=1S/C17H17FN2O5S/c1-12(17(22)20-14-9-7-13(18)8-10-14)25-16(21)11-19-26(23,24)15-5-3-2-4-6-15/h2-10,12,19H,11H2,1H3,(H,20,22)/t12-/m1/s1. The molecule has 0 heterocycles. The van der Waals surface area contributed by atoms with E-state index in [9.17, 15) is 22.4 Å². The van der Waals surface area contributed by atoms with Gasteiger partial charge in [0.05, 0.1) is 4.90 Å². The maximum atomic E-state index is 12.8. The highest BCUT2D eigenvalue weighted by Gasteiger charge is 2.20. The van der Waals surface area contributed by atoms with Crippen LogP contribution >= 0.6 is 0 Å². The van der Waals surface area contributed by atoms with Gasteiger partial charge >= 0.3 is 5.97 Å². The molecule has 0 fully saturated rings. The Labute approximate surface area is 150 Å². The number of hydrogen-bond donors (Lipinski definition) is 2. The summed E-state index contributed by atoms with van der Waals surface area (Å²) in [6.07, 6.45) is -1.16. The second-order valence-electron chi connectivity index (χ2n) is 5.27. The summed E-state index contributed by atoms with van der Waals surface area (Å²) in [5.74, 6) is -1.99. The third-order valence-corrected chi connectivity index (χ3v) is 4.67.